The number of rotatable bonds is 8. The van der Waals surface area contributed by atoms with E-state index >= 15 is 0 Å². The highest BCUT2D eigenvalue weighted by molar-refractivity contribution is 7.80. The third-order valence-electron chi connectivity index (χ3n) is 3.22. The maximum Gasteiger partial charge on any atom is 0.223 e. The summed E-state index contributed by atoms with van der Waals surface area (Å²) < 4.78 is 13.5. The van der Waals surface area contributed by atoms with E-state index in [0.717, 1.165) is 0 Å². The lowest BCUT2D eigenvalue weighted by molar-refractivity contribution is -0.130. The number of halogens is 1. The van der Waals surface area contributed by atoms with Gasteiger partial charge in [-0.1, -0.05) is 30.4 Å². The summed E-state index contributed by atoms with van der Waals surface area (Å²) in [6.07, 6.45) is 0.918. The van der Waals surface area contributed by atoms with E-state index in [-0.39, 0.29) is 11.7 Å². The number of hydrogen-bond donors (Lipinski definition) is 1. The first-order valence-corrected chi connectivity index (χ1v) is 7.25. The number of nitrogens with two attached hydrogens (primary N) is 1. The van der Waals surface area contributed by atoms with Crippen LogP contribution in [0.3, 0.4) is 0 Å². The van der Waals surface area contributed by atoms with Crippen LogP contribution < -0.4 is 5.73 Å². The van der Waals surface area contributed by atoms with Gasteiger partial charge in [0.05, 0.1) is 4.99 Å². The summed E-state index contributed by atoms with van der Waals surface area (Å²) in [6.45, 7) is 1.59. The highest BCUT2D eigenvalue weighted by Crippen LogP contribution is 2.09. The summed E-state index contributed by atoms with van der Waals surface area (Å²) in [4.78, 5) is 15.9. The van der Waals surface area contributed by atoms with Crippen LogP contribution in [0.5, 0.6) is 0 Å². The predicted octanol–water partition coefficient (Wildman–Crippen LogP) is 1.78. The van der Waals surface area contributed by atoms with Gasteiger partial charge in [0.15, 0.2) is 0 Å². The average Bonchev–Trinajstić information content (AvgIpc) is 2.44. The molecule has 0 atom stereocenters. The van der Waals surface area contributed by atoms with Gasteiger partial charge in [-0.15, -0.1) is 0 Å². The van der Waals surface area contributed by atoms with Crippen LogP contribution in [0.2, 0.25) is 0 Å². The van der Waals surface area contributed by atoms with Crippen molar-refractivity contribution in [2.75, 3.05) is 27.2 Å². The monoisotopic (exact) mass is 311 g/mol. The number of nitrogens with zero attached hydrogens (tertiary/aromatic N) is 2. The number of carbonyl (C=O) groups is 1. The summed E-state index contributed by atoms with van der Waals surface area (Å²) in [5, 5.41) is 0. The minimum absolute atomic E-state index is 0.0339. The molecule has 0 aliphatic carbocycles. The Morgan fingerprint density at radius 2 is 1.90 bits per heavy atom. The number of benzene rings is 1. The number of thiocarbonyl (C=S) groups is 1. The van der Waals surface area contributed by atoms with Gasteiger partial charge < -0.3 is 15.5 Å². The van der Waals surface area contributed by atoms with Crippen molar-refractivity contribution in [2.45, 2.75) is 19.4 Å². The third kappa shape index (κ3) is 6.64. The molecule has 0 saturated heterocycles. The maximum atomic E-state index is 13.5. The molecule has 0 saturated carbocycles. The molecule has 0 unspecified atom stereocenters. The van der Waals surface area contributed by atoms with Crippen molar-refractivity contribution in [3.8, 4) is 0 Å². The fourth-order valence-electron chi connectivity index (χ4n) is 1.88. The van der Waals surface area contributed by atoms with Crippen LogP contribution in [-0.4, -0.2) is 47.9 Å². The number of hydrogen-bond acceptors (Lipinski definition) is 3. The summed E-state index contributed by atoms with van der Waals surface area (Å²) in [6, 6.07) is 6.67. The summed E-state index contributed by atoms with van der Waals surface area (Å²) >= 11 is 4.79. The molecule has 6 heteroatoms. The highest BCUT2D eigenvalue weighted by Gasteiger charge is 2.11. The number of amides is 1. The van der Waals surface area contributed by atoms with Crippen LogP contribution in [-0.2, 0) is 11.3 Å². The molecule has 1 aromatic carbocycles. The molecule has 4 nitrogen and oxygen atoms in total. The van der Waals surface area contributed by atoms with E-state index in [2.05, 4.69) is 0 Å². The van der Waals surface area contributed by atoms with E-state index in [4.69, 9.17) is 18.0 Å². The fourth-order valence-corrected chi connectivity index (χ4v) is 1.97. The average molecular weight is 311 g/mol. The first-order valence-electron chi connectivity index (χ1n) is 6.84. The quantitative estimate of drug-likeness (QED) is 0.744. The Morgan fingerprint density at radius 3 is 2.52 bits per heavy atom. The van der Waals surface area contributed by atoms with Crippen LogP contribution in [0.4, 0.5) is 4.39 Å². The van der Waals surface area contributed by atoms with Gasteiger partial charge in [-0.05, 0) is 13.1 Å². The summed E-state index contributed by atoms with van der Waals surface area (Å²) in [5.41, 5.74) is 6.05. The molecule has 0 radical (unpaired) electrons. The van der Waals surface area contributed by atoms with Gasteiger partial charge in [0.2, 0.25) is 5.91 Å². The maximum absolute atomic E-state index is 13.5. The second-order valence-electron chi connectivity index (χ2n) is 5.11. The van der Waals surface area contributed by atoms with Crippen molar-refractivity contribution in [3.63, 3.8) is 0 Å². The Hall–Kier alpha value is -1.53. The van der Waals surface area contributed by atoms with Gasteiger partial charge in [0, 0.05) is 45.1 Å². The Balaban J connectivity index is 2.35. The van der Waals surface area contributed by atoms with Crippen LogP contribution in [0.15, 0.2) is 24.3 Å². The molecule has 0 heterocycles. The van der Waals surface area contributed by atoms with Crippen LogP contribution in [0, 0.1) is 5.82 Å². The van der Waals surface area contributed by atoms with E-state index in [9.17, 15) is 9.18 Å². The van der Waals surface area contributed by atoms with Crippen LogP contribution >= 0.6 is 12.2 Å². The molecule has 21 heavy (non-hydrogen) atoms. The minimum atomic E-state index is -0.218. The van der Waals surface area contributed by atoms with Crippen molar-refractivity contribution >= 4 is 23.1 Å². The molecular weight excluding hydrogens is 289 g/mol. The van der Waals surface area contributed by atoms with Gasteiger partial charge in [-0.3, -0.25) is 4.79 Å². The molecule has 0 fully saturated rings. The Bertz CT molecular complexity index is 496. The Labute approximate surface area is 130 Å². The van der Waals surface area contributed by atoms with Gasteiger partial charge in [0.1, 0.15) is 5.82 Å². The molecule has 0 bridgehead atoms. The van der Waals surface area contributed by atoms with Gasteiger partial charge >= 0.3 is 0 Å². The highest BCUT2D eigenvalue weighted by atomic mass is 32.1. The van der Waals surface area contributed by atoms with Crippen molar-refractivity contribution < 1.29 is 9.18 Å². The third-order valence-corrected chi connectivity index (χ3v) is 3.43. The second kappa shape index (κ2) is 8.69. The smallest absolute Gasteiger partial charge is 0.223 e. The predicted molar refractivity (Wildman–Crippen MR) is 86.4 cm³/mol. The van der Waals surface area contributed by atoms with E-state index in [1.54, 1.807) is 30.1 Å². The first kappa shape index (κ1) is 17.5. The molecule has 1 amide bonds. The molecule has 0 aliphatic heterocycles. The molecule has 0 aliphatic rings. The minimum Gasteiger partial charge on any atom is -0.393 e. The van der Waals surface area contributed by atoms with E-state index in [1.165, 1.54) is 6.07 Å². The van der Waals surface area contributed by atoms with E-state index in [0.29, 0.717) is 43.0 Å². The van der Waals surface area contributed by atoms with Gasteiger partial charge in [-0.25, -0.2) is 4.39 Å². The van der Waals surface area contributed by atoms with Crippen molar-refractivity contribution in [2.24, 2.45) is 5.73 Å². The number of carbonyl (C=O) groups excluding carboxylic acids is 1. The second-order valence-corrected chi connectivity index (χ2v) is 5.64. The summed E-state index contributed by atoms with van der Waals surface area (Å²) in [5.74, 6) is -0.184. The van der Waals surface area contributed by atoms with Crippen molar-refractivity contribution in [3.05, 3.63) is 35.6 Å². The summed E-state index contributed by atoms with van der Waals surface area (Å²) in [7, 11) is 3.60. The molecule has 116 valence electrons. The van der Waals surface area contributed by atoms with Crippen molar-refractivity contribution in [1.29, 1.82) is 0 Å². The van der Waals surface area contributed by atoms with Gasteiger partial charge in [-0.2, -0.15) is 0 Å². The normalized spacial score (nSPS) is 10.7. The standard InChI is InChI=1S/C15H22FN3OS/c1-18(11-12-5-3-4-6-13(12)16)9-8-15(20)19(2)10-7-14(17)21/h3-6H,7-11H2,1-2H3,(H2,17,21). The van der Waals surface area contributed by atoms with Crippen LogP contribution in [0.25, 0.3) is 0 Å². The Kier molecular flexibility index (Phi) is 7.25. The Morgan fingerprint density at radius 1 is 1.24 bits per heavy atom. The lowest BCUT2D eigenvalue weighted by Gasteiger charge is -2.20. The molecule has 1 aromatic rings. The SMILES string of the molecule is CN(CCC(=O)N(C)CCC(N)=S)Cc1ccccc1F. The topological polar surface area (TPSA) is 49.6 Å². The molecule has 0 aromatic heterocycles. The zero-order valence-electron chi connectivity index (χ0n) is 12.5. The lowest BCUT2D eigenvalue weighted by Crippen LogP contribution is -2.32. The van der Waals surface area contributed by atoms with E-state index in [1.807, 2.05) is 11.9 Å². The zero-order chi connectivity index (χ0) is 15.8. The van der Waals surface area contributed by atoms with Crippen LogP contribution in [0.1, 0.15) is 18.4 Å². The fraction of sp³-hybridized carbons (Fsp3) is 0.467. The molecule has 1 rings (SSSR count). The van der Waals surface area contributed by atoms with E-state index < -0.39 is 0 Å². The first-order chi connectivity index (χ1) is 9.90. The zero-order valence-corrected chi connectivity index (χ0v) is 13.3. The lowest BCUT2D eigenvalue weighted by atomic mass is 10.2. The molecule has 2 N–H and O–H groups in total. The van der Waals surface area contributed by atoms with Gasteiger partial charge in [0.25, 0.3) is 0 Å². The molecular formula is C15H22FN3OS. The van der Waals surface area contributed by atoms with Crippen molar-refractivity contribution in [1.82, 2.24) is 9.80 Å². The molecule has 0 spiro atoms. The largest absolute Gasteiger partial charge is 0.393 e.